The molecule has 0 saturated carbocycles. The summed E-state index contributed by atoms with van der Waals surface area (Å²) in [7, 11) is 0. The van der Waals surface area contributed by atoms with E-state index in [0.29, 0.717) is 11.9 Å². The van der Waals surface area contributed by atoms with Crippen LogP contribution >= 0.6 is 15.9 Å². The van der Waals surface area contributed by atoms with Crippen molar-refractivity contribution in [1.82, 2.24) is 9.80 Å². The summed E-state index contributed by atoms with van der Waals surface area (Å²) in [6.45, 7) is 4.39. The molecule has 0 radical (unpaired) electrons. The molecule has 4 heteroatoms. The van der Waals surface area contributed by atoms with E-state index in [2.05, 4.69) is 25.7 Å². The van der Waals surface area contributed by atoms with Gasteiger partial charge in [-0.2, -0.15) is 0 Å². The standard InChI is InChI=1S/C13H23BrN2O/c14-7-2-1-6-13(17)16-10-4-9-15-8-3-5-12(15)11-16/h12H,1-11H2. The molecule has 98 valence electrons. The van der Waals surface area contributed by atoms with Gasteiger partial charge in [-0.3, -0.25) is 9.69 Å². The molecule has 0 aliphatic carbocycles. The molecule has 1 amide bonds. The number of carbonyl (C=O) groups excluding carboxylic acids is 1. The van der Waals surface area contributed by atoms with Crippen molar-refractivity contribution < 1.29 is 4.79 Å². The minimum absolute atomic E-state index is 0.375. The summed E-state index contributed by atoms with van der Waals surface area (Å²) >= 11 is 3.41. The number of amides is 1. The number of alkyl halides is 1. The number of carbonyl (C=O) groups is 1. The molecule has 0 bridgehead atoms. The SMILES string of the molecule is O=C(CCCCBr)N1CCCN2CCCC2C1. The first-order valence-electron chi connectivity index (χ1n) is 6.89. The van der Waals surface area contributed by atoms with Gasteiger partial charge in [-0.15, -0.1) is 0 Å². The third-order valence-electron chi connectivity index (χ3n) is 3.93. The lowest BCUT2D eigenvalue weighted by atomic mass is 10.2. The lowest BCUT2D eigenvalue weighted by molar-refractivity contribution is -0.131. The topological polar surface area (TPSA) is 23.6 Å². The van der Waals surface area contributed by atoms with E-state index < -0.39 is 0 Å². The molecule has 0 aromatic rings. The molecular formula is C13H23BrN2O. The van der Waals surface area contributed by atoms with Crippen molar-refractivity contribution in [3.05, 3.63) is 0 Å². The maximum atomic E-state index is 12.1. The molecule has 1 atom stereocenters. The van der Waals surface area contributed by atoms with Crippen molar-refractivity contribution >= 4 is 21.8 Å². The first-order valence-corrected chi connectivity index (χ1v) is 8.01. The van der Waals surface area contributed by atoms with Crippen molar-refractivity contribution in [3.8, 4) is 0 Å². The van der Waals surface area contributed by atoms with Crippen LogP contribution in [0.15, 0.2) is 0 Å². The number of nitrogens with zero attached hydrogens (tertiary/aromatic N) is 2. The van der Waals surface area contributed by atoms with Crippen molar-refractivity contribution in [2.45, 2.75) is 44.6 Å². The van der Waals surface area contributed by atoms with Gasteiger partial charge in [-0.1, -0.05) is 15.9 Å². The Hall–Kier alpha value is -0.0900. The van der Waals surface area contributed by atoms with Crippen LogP contribution in [0, 0.1) is 0 Å². The Kier molecular flexibility index (Phi) is 5.29. The van der Waals surface area contributed by atoms with Crippen LogP contribution < -0.4 is 0 Å². The van der Waals surface area contributed by atoms with Crippen LogP contribution in [0.3, 0.4) is 0 Å². The molecule has 2 heterocycles. The molecule has 0 aromatic heterocycles. The molecule has 0 N–H and O–H groups in total. The molecule has 0 aromatic carbocycles. The molecule has 2 saturated heterocycles. The van der Waals surface area contributed by atoms with Gasteiger partial charge in [0.1, 0.15) is 0 Å². The number of rotatable bonds is 4. The highest BCUT2D eigenvalue weighted by atomic mass is 79.9. The highest BCUT2D eigenvalue weighted by molar-refractivity contribution is 9.09. The van der Waals surface area contributed by atoms with Gasteiger partial charge in [-0.05, 0) is 38.6 Å². The fraction of sp³-hybridized carbons (Fsp3) is 0.923. The van der Waals surface area contributed by atoms with Crippen LogP contribution in [-0.2, 0) is 4.79 Å². The first kappa shape index (κ1) is 13.3. The Morgan fingerprint density at radius 3 is 2.82 bits per heavy atom. The van der Waals surface area contributed by atoms with E-state index in [0.717, 1.165) is 44.1 Å². The lowest BCUT2D eigenvalue weighted by Crippen LogP contribution is -2.39. The Bertz CT molecular complexity index is 260. The summed E-state index contributed by atoms with van der Waals surface area (Å²) in [5.74, 6) is 0.375. The maximum absolute atomic E-state index is 12.1. The van der Waals surface area contributed by atoms with Crippen molar-refractivity contribution in [3.63, 3.8) is 0 Å². The Labute approximate surface area is 113 Å². The number of halogens is 1. The third-order valence-corrected chi connectivity index (χ3v) is 4.49. The Morgan fingerprint density at radius 1 is 1.18 bits per heavy atom. The quantitative estimate of drug-likeness (QED) is 0.587. The second-order valence-corrected chi connectivity index (χ2v) is 5.96. The molecule has 2 aliphatic rings. The van der Waals surface area contributed by atoms with E-state index in [-0.39, 0.29) is 0 Å². The summed E-state index contributed by atoms with van der Waals surface area (Å²) in [6.07, 6.45) is 6.62. The zero-order valence-electron chi connectivity index (χ0n) is 10.5. The van der Waals surface area contributed by atoms with Gasteiger partial charge in [0.15, 0.2) is 0 Å². The first-order chi connectivity index (χ1) is 8.31. The number of hydrogen-bond acceptors (Lipinski definition) is 2. The van der Waals surface area contributed by atoms with Gasteiger partial charge in [0.2, 0.25) is 5.91 Å². The van der Waals surface area contributed by atoms with E-state index in [1.165, 1.54) is 25.9 Å². The van der Waals surface area contributed by atoms with Crippen LogP contribution in [0.1, 0.15) is 38.5 Å². The number of unbranched alkanes of at least 4 members (excludes halogenated alkanes) is 1. The molecular weight excluding hydrogens is 280 g/mol. The van der Waals surface area contributed by atoms with Crippen LogP contribution in [0.4, 0.5) is 0 Å². The van der Waals surface area contributed by atoms with E-state index >= 15 is 0 Å². The zero-order valence-corrected chi connectivity index (χ0v) is 12.1. The average Bonchev–Trinajstić information content (AvgIpc) is 2.66. The Morgan fingerprint density at radius 2 is 2.00 bits per heavy atom. The van der Waals surface area contributed by atoms with Gasteiger partial charge in [0.05, 0.1) is 0 Å². The summed E-state index contributed by atoms with van der Waals surface area (Å²) < 4.78 is 0. The van der Waals surface area contributed by atoms with E-state index in [1.54, 1.807) is 0 Å². The predicted molar refractivity (Wildman–Crippen MR) is 73.4 cm³/mol. The predicted octanol–water partition coefficient (Wildman–Crippen LogP) is 2.25. The summed E-state index contributed by atoms with van der Waals surface area (Å²) in [5, 5.41) is 1.01. The second-order valence-electron chi connectivity index (χ2n) is 5.17. The van der Waals surface area contributed by atoms with E-state index in [9.17, 15) is 4.79 Å². The van der Waals surface area contributed by atoms with E-state index in [1.807, 2.05) is 0 Å². The second kappa shape index (κ2) is 6.74. The summed E-state index contributed by atoms with van der Waals surface area (Å²) in [5.41, 5.74) is 0. The van der Waals surface area contributed by atoms with Crippen molar-refractivity contribution in [2.24, 2.45) is 0 Å². The van der Waals surface area contributed by atoms with Crippen LogP contribution in [0.25, 0.3) is 0 Å². The molecule has 0 spiro atoms. The van der Waals surface area contributed by atoms with Gasteiger partial charge in [0.25, 0.3) is 0 Å². The smallest absolute Gasteiger partial charge is 0.222 e. The lowest BCUT2D eigenvalue weighted by Gasteiger charge is -2.25. The van der Waals surface area contributed by atoms with Crippen molar-refractivity contribution in [1.29, 1.82) is 0 Å². The summed E-state index contributed by atoms with van der Waals surface area (Å²) in [6, 6.07) is 0.651. The molecule has 3 nitrogen and oxygen atoms in total. The van der Waals surface area contributed by atoms with Crippen LogP contribution in [0.5, 0.6) is 0 Å². The largest absolute Gasteiger partial charge is 0.341 e. The summed E-state index contributed by atoms with van der Waals surface area (Å²) in [4.78, 5) is 16.8. The van der Waals surface area contributed by atoms with Crippen molar-refractivity contribution in [2.75, 3.05) is 31.5 Å². The molecule has 2 rings (SSSR count). The molecule has 1 unspecified atom stereocenters. The Balaban J connectivity index is 1.81. The average molecular weight is 303 g/mol. The molecule has 2 aliphatic heterocycles. The fourth-order valence-corrected chi connectivity index (χ4v) is 3.36. The molecule has 2 fully saturated rings. The normalized spacial score (nSPS) is 25.7. The monoisotopic (exact) mass is 302 g/mol. The van der Waals surface area contributed by atoms with E-state index in [4.69, 9.17) is 0 Å². The highest BCUT2D eigenvalue weighted by Crippen LogP contribution is 2.21. The van der Waals surface area contributed by atoms with Crippen LogP contribution in [0.2, 0.25) is 0 Å². The maximum Gasteiger partial charge on any atom is 0.222 e. The minimum Gasteiger partial charge on any atom is -0.341 e. The third kappa shape index (κ3) is 3.68. The van der Waals surface area contributed by atoms with Crippen LogP contribution in [-0.4, -0.2) is 53.3 Å². The number of hydrogen-bond donors (Lipinski definition) is 0. The fourth-order valence-electron chi connectivity index (χ4n) is 2.96. The van der Waals surface area contributed by atoms with Gasteiger partial charge in [0, 0.05) is 37.4 Å². The molecule has 17 heavy (non-hydrogen) atoms. The van der Waals surface area contributed by atoms with Gasteiger partial charge < -0.3 is 4.90 Å². The minimum atomic E-state index is 0.375. The zero-order chi connectivity index (χ0) is 12.1. The number of fused-ring (bicyclic) bond motifs is 1. The van der Waals surface area contributed by atoms with Gasteiger partial charge >= 0.3 is 0 Å². The highest BCUT2D eigenvalue weighted by Gasteiger charge is 2.30. The van der Waals surface area contributed by atoms with Gasteiger partial charge in [-0.25, -0.2) is 0 Å².